The van der Waals surface area contributed by atoms with Gasteiger partial charge in [-0.25, -0.2) is 4.98 Å². The van der Waals surface area contributed by atoms with Gasteiger partial charge in [-0.2, -0.15) is 0 Å². The minimum absolute atomic E-state index is 0.0651. The Morgan fingerprint density at radius 1 is 1.28 bits per heavy atom. The van der Waals surface area contributed by atoms with Gasteiger partial charge in [-0.3, -0.25) is 4.79 Å². The van der Waals surface area contributed by atoms with Crippen molar-refractivity contribution in [1.82, 2.24) is 4.98 Å². The fourth-order valence-corrected chi connectivity index (χ4v) is 2.74. The second kappa shape index (κ2) is 7.09. The minimum Gasteiger partial charge on any atom is -0.496 e. The quantitative estimate of drug-likeness (QED) is 0.746. The molecule has 25 heavy (non-hydrogen) atoms. The van der Waals surface area contributed by atoms with Gasteiger partial charge in [0, 0.05) is 17.4 Å². The number of rotatable bonds is 6. The highest BCUT2D eigenvalue weighted by atomic mass is 16.5. The molecule has 3 rings (SSSR count). The van der Waals surface area contributed by atoms with E-state index < -0.39 is 5.91 Å². The Kier molecular flexibility index (Phi) is 4.70. The SMILES string of the molecule is COc1cc(N(CC(N)=O)c2ccccc2C)ccc1-c1cnco1. The third-order valence-electron chi connectivity index (χ3n) is 3.91. The molecule has 0 radical (unpaired) electrons. The zero-order valence-electron chi connectivity index (χ0n) is 14.1. The fourth-order valence-electron chi connectivity index (χ4n) is 2.74. The van der Waals surface area contributed by atoms with Gasteiger partial charge in [-0.05, 0) is 30.7 Å². The Hall–Kier alpha value is -3.28. The van der Waals surface area contributed by atoms with E-state index in [1.54, 1.807) is 13.3 Å². The summed E-state index contributed by atoms with van der Waals surface area (Å²) in [5.74, 6) is 0.819. The number of nitrogens with two attached hydrogens (primary N) is 1. The molecule has 0 aliphatic carbocycles. The van der Waals surface area contributed by atoms with Gasteiger partial charge in [-0.1, -0.05) is 18.2 Å². The molecule has 0 saturated carbocycles. The summed E-state index contributed by atoms with van der Waals surface area (Å²) in [5.41, 5.74) is 9.00. The molecule has 128 valence electrons. The molecule has 1 amide bonds. The number of carbonyl (C=O) groups excluding carboxylic acids is 1. The normalized spacial score (nSPS) is 10.5. The smallest absolute Gasteiger partial charge is 0.237 e. The van der Waals surface area contributed by atoms with Crippen molar-refractivity contribution < 1.29 is 13.9 Å². The summed E-state index contributed by atoms with van der Waals surface area (Å²) < 4.78 is 10.9. The van der Waals surface area contributed by atoms with Gasteiger partial charge in [-0.15, -0.1) is 0 Å². The number of carbonyl (C=O) groups is 1. The second-order valence-electron chi connectivity index (χ2n) is 5.59. The number of hydrogen-bond donors (Lipinski definition) is 1. The van der Waals surface area contributed by atoms with Crippen LogP contribution in [0.4, 0.5) is 11.4 Å². The van der Waals surface area contributed by atoms with Crippen LogP contribution in [0, 0.1) is 6.92 Å². The summed E-state index contributed by atoms with van der Waals surface area (Å²) in [4.78, 5) is 17.4. The van der Waals surface area contributed by atoms with Crippen molar-refractivity contribution in [3.05, 3.63) is 60.6 Å². The molecule has 0 spiro atoms. The number of aryl methyl sites for hydroxylation is 1. The third-order valence-corrected chi connectivity index (χ3v) is 3.91. The first-order chi connectivity index (χ1) is 12.1. The Morgan fingerprint density at radius 3 is 2.72 bits per heavy atom. The average molecular weight is 337 g/mol. The Labute approximate surface area is 145 Å². The van der Waals surface area contributed by atoms with E-state index in [1.807, 2.05) is 54.3 Å². The zero-order chi connectivity index (χ0) is 17.8. The Balaban J connectivity index is 2.07. The van der Waals surface area contributed by atoms with Crippen LogP contribution in [0.1, 0.15) is 5.56 Å². The molecule has 0 bridgehead atoms. The monoisotopic (exact) mass is 337 g/mol. The summed E-state index contributed by atoms with van der Waals surface area (Å²) in [6.07, 6.45) is 3.00. The molecule has 0 atom stereocenters. The number of anilines is 2. The molecule has 0 unspecified atom stereocenters. The van der Waals surface area contributed by atoms with Crippen LogP contribution in [0.15, 0.2) is 59.5 Å². The fraction of sp³-hybridized carbons (Fsp3) is 0.158. The van der Waals surface area contributed by atoms with Crippen molar-refractivity contribution in [2.45, 2.75) is 6.92 Å². The van der Waals surface area contributed by atoms with E-state index in [0.717, 1.165) is 22.5 Å². The van der Waals surface area contributed by atoms with Crippen LogP contribution in [-0.2, 0) is 4.79 Å². The van der Waals surface area contributed by atoms with Crippen LogP contribution in [0.2, 0.25) is 0 Å². The van der Waals surface area contributed by atoms with Gasteiger partial charge in [0.1, 0.15) is 12.3 Å². The number of para-hydroxylation sites is 1. The van der Waals surface area contributed by atoms with Gasteiger partial charge < -0.3 is 19.8 Å². The first kappa shape index (κ1) is 16.6. The van der Waals surface area contributed by atoms with Crippen LogP contribution in [-0.4, -0.2) is 24.5 Å². The van der Waals surface area contributed by atoms with Crippen molar-refractivity contribution in [2.75, 3.05) is 18.6 Å². The number of aromatic nitrogens is 1. The molecule has 0 aliphatic heterocycles. The molecule has 0 fully saturated rings. The maximum absolute atomic E-state index is 11.6. The highest BCUT2D eigenvalue weighted by Crippen LogP contribution is 2.36. The molecule has 0 saturated heterocycles. The minimum atomic E-state index is -0.415. The molecular weight excluding hydrogens is 318 g/mol. The lowest BCUT2D eigenvalue weighted by atomic mass is 10.1. The van der Waals surface area contributed by atoms with E-state index in [2.05, 4.69) is 4.98 Å². The van der Waals surface area contributed by atoms with Crippen molar-refractivity contribution >= 4 is 17.3 Å². The van der Waals surface area contributed by atoms with Crippen LogP contribution in [0.25, 0.3) is 11.3 Å². The number of benzene rings is 2. The lowest BCUT2D eigenvalue weighted by Gasteiger charge is -2.26. The number of amides is 1. The van der Waals surface area contributed by atoms with Gasteiger partial charge in [0.2, 0.25) is 5.91 Å². The zero-order valence-corrected chi connectivity index (χ0v) is 14.1. The second-order valence-corrected chi connectivity index (χ2v) is 5.59. The van der Waals surface area contributed by atoms with Crippen molar-refractivity contribution in [3.63, 3.8) is 0 Å². The predicted octanol–water partition coefficient (Wildman–Crippen LogP) is 3.28. The highest BCUT2D eigenvalue weighted by Gasteiger charge is 2.17. The molecular formula is C19H19N3O3. The largest absolute Gasteiger partial charge is 0.496 e. The molecule has 1 aromatic heterocycles. The van der Waals surface area contributed by atoms with Crippen LogP contribution in [0.5, 0.6) is 5.75 Å². The highest BCUT2D eigenvalue weighted by molar-refractivity contribution is 5.84. The van der Waals surface area contributed by atoms with Gasteiger partial charge in [0.05, 0.1) is 18.9 Å². The third kappa shape index (κ3) is 3.47. The number of methoxy groups -OCH3 is 1. The maximum Gasteiger partial charge on any atom is 0.237 e. The Bertz CT molecular complexity index is 875. The molecule has 2 N–H and O–H groups in total. The maximum atomic E-state index is 11.6. The van der Waals surface area contributed by atoms with Crippen molar-refractivity contribution in [2.24, 2.45) is 5.73 Å². The molecule has 3 aromatic rings. The van der Waals surface area contributed by atoms with Gasteiger partial charge in [0.15, 0.2) is 12.2 Å². The van der Waals surface area contributed by atoms with E-state index in [1.165, 1.54) is 6.39 Å². The van der Waals surface area contributed by atoms with Gasteiger partial charge in [0.25, 0.3) is 0 Å². The molecule has 1 heterocycles. The van der Waals surface area contributed by atoms with E-state index >= 15 is 0 Å². The van der Waals surface area contributed by atoms with E-state index in [4.69, 9.17) is 14.9 Å². The number of nitrogens with zero attached hydrogens (tertiary/aromatic N) is 2. The first-order valence-corrected chi connectivity index (χ1v) is 7.78. The average Bonchev–Trinajstić information content (AvgIpc) is 3.14. The molecule has 0 aliphatic rings. The summed E-state index contributed by atoms with van der Waals surface area (Å²) in [5, 5.41) is 0. The topological polar surface area (TPSA) is 81.6 Å². The number of hydrogen-bond acceptors (Lipinski definition) is 5. The van der Waals surface area contributed by atoms with E-state index in [0.29, 0.717) is 11.5 Å². The predicted molar refractivity (Wildman–Crippen MR) is 95.9 cm³/mol. The van der Waals surface area contributed by atoms with Crippen molar-refractivity contribution in [1.29, 1.82) is 0 Å². The van der Waals surface area contributed by atoms with Crippen LogP contribution in [0.3, 0.4) is 0 Å². The van der Waals surface area contributed by atoms with E-state index in [-0.39, 0.29) is 6.54 Å². The van der Waals surface area contributed by atoms with Crippen molar-refractivity contribution in [3.8, 4) is 17.1 Å². The summed E-state index contributed by atoms with van der Waals surface area (Å²) in [6.45, 7) is 2.05. The standard InChI is InChI=1S/C19H19N3O3/c1-13-5-3-4-6-16(13)22(11-19(20)23)14-7-8-15(17(9-14)24-2)18-10-21-12-25-18/h3-10,12H,11H2,1-2H3,(H2,20,23). The van der Waals surface area contributed by atoms with Crippen LogP contribution >= 0.6 is 0 Å². The van der Waals surface area contributed by atoms with E-state index in [9.17, 15) is 4.79 Å². The lowest BCUT2D eigenvalue weighted by molar-refractivity contribution is -0.116. The first-order valence-electron chi connectivity index (χ1n) is 7.78. The summed E-state index contributed by atoms with van der Waals surface area (Å²) >= 11 is 0. The number of oxazole rings is 1. The molecule has 6 heteroatoms. The molecule has 6 nitrogen and oxygen atoms in total. The van der Waals surface area contributed by atoms with Crippen LogP contribution < -0.4 is 15.4 Å². The number of primary amides is 1. The summed E-state index contributed by atoms with van der Waals surface area (Å²) in [6, 6.07) is 13.5. The van der Waals surface area contributed by atoms with Gasteiger partial charge >= 0.3 is 0 Å². The lowest BCUT2D eigenvalue weighted by Crippen LogP contribution is -2.30. The Morgan fingerprint density at radius 2 is 2.08 bits per heavy atom. The molecule has 2 aromatic carbocycles. The number of ether oxygens (including phenoxy) is 1. The summed E-state index contributed by atoms with van der Waals surface area (Å²) in [7, 11) is 1.59.